The summed E-state index contributed by atoms with van der Waals surface area (Å²) in [7, 11) is 1.80. The second-order valence-electron chi connectivity index (χ2n) is 6.80. The zero-order chi connectivity index (χ0) is 18.9. The number of aliphatic imine (C=N–C) groups is 1. The van der Waals surface area contributed by atoms with Gasteiger partial charge in [-0.2, -0.15) is 0 Å². The lowest BCUT2D eigenvalue weighted by Crippen LogP contribution is -2.38. The first-order valence-electron chi connectivity index (χ1n) is 9.86. The molecular weight excluding hydrogens is 326 g/mol. The Morgan fingerprint density at radius 1 is 0.923 bits per heavy atom. The zero-order valence-corrected chi connectivity index (χ0v) is 16.8. The monoisotopic (exact) mass is 363 g/mol. The van der Waals surface area contributed by atoms with Gasteiger partial charge >= 0.3 is 0 Å². The summed E-state index contributed by atoms with van der Waals surface area (Å²) < 4.78 is 11.3. The number of benzene rings is 1. The molecule has 0 amide bonds. The molecule has 1 rings (SSSR count). The van der Waals surface area contributed by atoms with E-state index < -0.39 is 0 Å². The number of guanidine groups is 1. The molecule has 0 atom stereocenters. The van der Waals surface area contributed by atoms with Crippen molar-refractivity contribution in [2.24, 2.45) is 10.9 Å². The largest absolute Gasteiger partial charge is 0.381 e. The minimum absolute atomic E-state index is 0.597. The topological polar surface area (TPSA) is 54.9 Å². The average Bonchev–Trinajstić information content (AvgIpc) is 2.65. The van der Waals surface area contributed by atoms with E-state index in [9.17, 15) is 0 Å². The molecule has 5 heteroatoms. The molecule has 5 nitrogen and oxygen atoms in total. The van der Waals surface area contributed by atoms with Crippen molar-refractivity contribution in [3.8, 4) is 0 Å². The molecule has 0 aliphatic heterocycles. The van der Waals surface area contributed by atoms with Gasteiger partial charge in [0.2, 0.25) is 0 Å². The predicted octanol–water partition coefficient (Wildman–Crippen LogP) is 3.25. The highest BCUT2D eigenvalue weighted by atomic mass is 16.5. The molecule has 26 heavy (non-hydrogen) atoms. The molecule has 0 saturated carbocycles. The molecule has 1 aromatic carbocycles. The summed E-state index contributed by atoms with van der Waals surface area (Å²) in [6.07, 6.45) is 4.10. The SMILES string of the molecule is CN=C(NCCCCOCCc1ccccc1)NCCCOCC(C)C. The van der Waals surface area contributed by atoms with Crippen LogP contribution in [0.5, 0.6) is 0 Å². The molecule has 148 valence electrons. The van der Waals surface area contributed by atoms with E-state index in [1.54, 1.807) is 7.05 Å². The Labute approximate surface area is 159 Å². The predicted molar refractivity (Wildman–Crippen MR) is 110 cm³/mol. The molecule has 2 N–H and O–H groups in total. The van der Waals surface area contributed by atoms with Crippen LogP contribution in [0.2, 0.25) is 0 Å². The van der Waals surface area contributed by atoms with Crippen LogP contribution in [0, 0.1) is 5.92 Å². The molecular formula is C21H37N3O2. The maximum atomic E-state index is 5.70. The van der Waals surface area contributed by atoms with Crippen molar-refractivity contribution in [1.29, 1.82) is 0 Å². The van der Waals surface area contributed by atoms with Crippen molar-refractivity contribution in [1.82, 2.24) is 10.6 Å². The number of hydrogen-bond acceptors (Lipinski definition) is 3. The molecule has 0 aliphatic carbocycles. The standard InChI is InChI=1S/C21H37N3O2/c1-19(2)18-26-16-9-14-24-21(22-3)23-13-7-8-15-25-17-12-20-10-5-4-6-11-20/h4-6,10-11,19H,7-9,12-18H2,1-3H3,(H2,22,23,24). The second-order valence-corrected chi connectivity index (χ2v) is 6.80. The number of nitrogens with zero attached hydrogens (tertiary/aromatic N) is 1. The Balaban J connectivity index is 1.90. The fourth-order valence-corrected chi connectivity index (χ4v) is 2.39. The summed E-state index contributed by atoms with van der Waals surface area (Å²) in [4.78, 5) is 4.24. The summed E-state index contributed by atoms with van der Waals surface area (Å²) in [5, 5.41) is 6.65. The van der Waals surface area contributed by atoms with Gasteiger partial charge in [0, 0.05) is 40.0 Å². The zero-order valence-electron chi connectivity index (χ0n) is 16.8. The maximum absolute atomic E-state index is 5.70. The van der Waals surface area contributed by atoms with E-state index in [2.05, 4.69) is 53.7 Å². The number of nitrogens with one attached hydrogen (secondary N) is 2. The number of ether oxygens (including phenoxy) is 2. The molecule has 0 unspecified atom stereocenters. The van der Waals surface area contributed by atoms with Crippen molar-refractivity contribution < 1.29 is 9.47 Å². The highest BCUT2D eigenvalue weighted by Crippen LogP contribution is 2.00. The van der Waals surface area contributed by atoms with Crippen molar-refractivity contribution >= 4 is 5.96 Å². The van der Waals surface area contributed by atoms with Crippen LogP contribution in [0.15, 0.2) is 35.3 Å². The molecule has 0 spiro atoms. The minimum atomic E-state index is 0.597. The Morgan fingerprint density at radius 2 is 1.62 bits per heavy atom. The van der Waals surface area contributed by atoms with Gasteiger partial charge < -0.3 is 20.1 Å². The van der Waals surface area contributed by atoms with Gasteiger partial charge in [-0.1, -0.05) is 44.2 Å². The van der Waals surface area contributed by atoms with Gasteiger partial charge in [0.25, 0.3) is 0 Å². The van der Waals surface area contributed by atoms with Crippen LogP contribution < -0.4 is 10.6 Å². The third kappa shape index (κ3) is 12.7. The van der Waals surface area contributed by atoms with Crippen LogP contribution >= 0.6 is 0 Å². The lowest BCUT2D eigenvalue weighted by Gasteiger charge is -2.12. The van der Waals surface area contributed by atoms with Gasteiger partial charge in [0.05, 0.1) is 6.61 Å². The van der Waals surface area contributed by atoms with E-state index >= 15 is 0 Å². The van der Waals surface area contributed by atoms with Gasteiger partial charge in [-0.15, -0.1) is 0 Å². The lowest BCUT2D eigenvalue weighted by atomic mass is 10.2. The van der Waals surface area contributed by atoms with E-state index in [1.165, 1.54) is 5.56 Å². The summed E-state index contributed by atoms with van der Waals surface area (Å²) in [6, 6.07) is 10.5. The van der Waals surface area contributed by atoms with Crippen molar-refractivity contribution in [3.05, 3.63) is 35.9 Å². The van der Waals surface area contributed by atoms with E-state index in [4.69, 9.17) is 9.47 Å². The highest BCUT2D eigenvalue weighted by Gasteiger charge is 1.98. The van der Waals surface area contributed by atoms with E-state index in [-0.39, 0.29) is 0 Å². The van der Waals surface area contributed by atoms with Crippen LogP contribution in [0.3, 0.4) is 0 Å². The third-order valence-electron chi connectivity index (χ3n) is 3.82. The summed E-state index contributed by atoms with van der Waals surface area (Å²) in [5.74, 6) is 1.46. The van der Waals surface area contributed by atoms with Crippen molar-refractivity contribution in [2.45, 2.75) is 39.5 Å². The highest BCUT2D eigenvalue weighted by molar-refractivity contribution is 5.79. The minimum Gasteiger partial charge on any atom is -0.381 e. The number of rotatable bonds is 14. The Hall–Kier alpha value is -1.59. The second kappa shape index (κ2) is 15.6. The molecule has 0 bridgehead atoms. The summed E-state index contributed by atoms with van der Waals surface area (Å²) in [5.41, 5.74) is 1.33. The Kier molecular flexibility index (Phi) is 13.5. The van der Waals surface area contributed by atoms with Crippen LogP contribution in [-0.2, 0) is 15.9 Å². The molecule has 1 aromatic rings. The average molecular weight is 364 g/mol. The van der Waals surface area contributed by atoms with Gasteiger partial charge in [-0.05, 0) is 37.2 Å². The molecule has 0 aliphatic rings. The van der Waals surface area contributed by atoms with Gasteiger partial charge in [0.15, 0.2) is 5.96 Å². The summed E-state index contributed by atoms with van der Waals surface area (Å²) >= 11 is 0. The molecule has 0 fully saturated rings. The first-order valence-corrected chi connectivity index (χ1v) is 9.86. The van der Waals surface area contributed by atoms with E-state index in [1.807, 2.05) is 6.07 Å². The van der Waals surface area contributed by atoms with E-state index in [0.717, 1.165) is 71.2 Å². The molecule has 0 heterocycles. The van der Waals surface area contributed by atoms with Gasteiger partial charge in [0.1, 0.15) is 0 Å². The van der Waals surface area contributed by atoms with Crippen LogP contribution in [0.4, 0.5) is 0 Å². The number of unbranched alkanes of at least 4 members (excludes halogenated alkanes) is 1. The van der Waals surface area contributed by atoms with Crippen molar-refractivity contribution in [3.63, 3.8) is 0 Å². The first-order chi connectivity index (χ1) is 12.7. The third-order valence-corrected chi connectivity index (χ3v) is 3.82. The van der Waals surface area contributed by atoms with Crippen LogP contribution in [0.1, 0.15) is 38.7 Å². The van der Waals surface area contributed by atoms with Crippen LogP contribution in [0.25, 0.3) is 0 Å². The first kappa shape index (κ1) is 22.5. The van der Waals surface area contributed by atoms with Gasteiger partial charge in [-0.25, -0.2) is 0 Å². The van der Waals surface area contributed by atoms with Gasteiger partial charge in [-0.3, -0.25) is 4.99 Å². The Morgan fingerprint density at radius 3 is 2.31 bits per heavy atom. The van der Waals surface area contributed by atoms with Crippen LogP contribution in [-0.4, -0.2) is 52.5 Å². The summed E-state index contributed by atoms with van der Waals surface area (Å²) in [6.45, 7) is 9.35. The number of hydrogen-bond donors (Lipinski definition) is 2. The fourth-order valence-electron chi connectivity index (χ4n) is 2.39. The maximum Gasteiger partial charge on any atom is 0.190 e. The molecule has 0 saturated heterocycles. The Bertz CT molecular complexity index is 464. The normalized spacial score (nSPS) is 11.8. The van der Waals surface area contributed by atoms with E-state index in [0.29, 0.717) is 5.92 Å². The molecule has 0 radical (unpaired) electrons. The fraction of sp³-hybridized carbons (Fsp3) is 0.667. The van der Waals surface area contributed by atoms with Crippen molar-refractivity contribution in [2.75, 3.05) is 46.6 Å². The molecule has 0 aromatic heterocycles. The quantitative estimate of drug-likeness (QED) is 0.303. The lowest BCUT2D eigenvalue weighted by molar-refractivity contribution is 0.108. The smallest absolute Gasteiger partial charge is 0.190 e.